The first kappa shape index (κ1) is 21.4. The molecule has 0 aliphatic carbocycles. The summed E-state index contributed by atoms with van der Waals surface area (Å²) in [5, 5.41) is 8.32. The van der Waals surface area contributed by atoms with Crippen LogP contribution in [0.5, 0.6) is 0 Å². The van der Waals surface area contributed by atoms with Gasteiger partial charge in [0, 0.05) is 19.5 Å². The second-order valence-electron chi connectivity index (χ2n) is 7.72. The van der Waals surface area contributed by atoms with Gasteiger partial charge in [-0.3, -0.25) is 14.5 Å². The average molecular weight is 420 g/mol. The molecule has 0 saturated carbocycles. The molecular weight excluding hydrogens is 393 g/mol. The number of carboxylic acids is 1. The molecule has 4 atom stereocenters. The second kappa shape index (κ2) is 8.59. The Bertz CT molecular complexity index is 816. The standard InChI is InChI=1S/C20H26N3O5P/c1-14(21)17(24)22-11-5-9-16(22)18(25)23-12-6-10-20(23,19(26)27)29(28)13-15-7-3-2-4-8-15/h2-4,7-8,14,16H,5-6,9-13,21H2,1H3/p+1/t14-,16-,20+/m0/s1. The smallest absolute Gasteiger partial charge is 0.383 e. The van der Waals surface area contributed by atoms with Gasteiger partial charge in [0.25, 0.3) is 0 Å². The van der Waals surface area contributed by atoms with E-state index in [1.165, 1.54) is 9.80 Å². The third-order valence-corrected chi connectivity index (χ3v) is 7.89. The minimum absolute atomic E-state index is 0.0827. The van der Waals surface area contributed by atoms with Gasteiger partial charge in [0.15, 0.2) is 6.16 Å². The molecule has 2 heterocycles. The first-order chi connectivity index (χ1) is 13.8. The summed E-state index contributed by atoms with van der Waals surface area (Å²) in [6.45, 7) is 2.20. The molecule has 0 spiro atoms. The number of aliphatic carboxylic acids is 1. The molecule has 2 amide bonds. The van der Waals surface area contributed by atoms with E-state index >= 15 is 0 Å². The minimum atomic E-state index is -2.28. The normalized spacial score (nSPS) is 25.7. The number of amides is 2. The third kappa shape index (κ3) is 3.91. The van der Waals surface area contributed by atoms with E-state index in [2.05, 4.69) is 0 Å². The van der Waals surface area contributed by atoms with E-state index in [1.807, 2.05) is 6.07 Å². The summed E-state index contributed by atoms with van der Waals surface area (Å²) in [5.41, 5.74) is 6.48. The molecule has 0 radical (unpaired) electrons. The largest absolute Gasteiger partial charge is 0.476 e. The van der Waals surface area contributed by atoms with Gasteiger partial charge in [-0.1, -0.05) is 34.9 Å². The van der Waals surface area contributed by atoms with Crippen molar-refractivity contribution in [1.29, 1.82) is 0 Å². The van der Waals surface area contributed by atoms with Gasteiger partial charge in [-0.25, -0.2) is 4.79 Å². The van der Waals surface area contributed by atoms with Gasteiger partial charge >= 0.3 is 19.1 Å². The van der Waals surface area contributed by atoms with Crippen LogP contribution in [0.2, 0.25) is 0 Å². The van der Waals surface area contributed by atoms with E-state index < -0.39 is 37.0 Å². The number of hydrogen-bond donors (Lipinski definition) is 2. The highest BCUT2D eigenvalue weighted by Gasteiger charge is 2.65. The maximum Gasteiger partial charge on any atom is 0.383 e. The molecule has 3 rings (SSSR count). The summed E-state index contributed by atoms with van der Waals surface area (Å²) >= 11 is 0. The molecule has 3 N–H and O–H groups in total. The summed E-state index contributed by atoms with van der Waals surface area (Å²) in [6, 6.07) is 7.55. The van der Waals surface area contributed by atoms with E-state index in [9.17, 15) is 24.1 Å². The van der Waals surface area contributed by atoms with Crippen molar-refractivity contribution in [2.45, 2.75) is 56.1 Å². The summed E-state index contributed by atoms with van der Waals surface area (Å²) in [4.78, 5) is 40.8. The average Bonchev–Trinajstić information content (AvgIpc) is 3.35. The summed E-state index contributed by atoms with van der Waals surface area (Å²) in [6.07, 6.45) is 1.79. The molecule has 9 heteroatoms. The fourth-order valence-electron chi connectivity index (χ4n) is 4.29. The van der Waals surface area contributed by atoms with Crippen molar-refractivity contribution in [1.82, 2.24) is 9.80 Å². The predicted molar refractivity (Wildman–Crippen MR) is 107 cm³/mol. The lowest BCUT2D eigenvalue weighted by Gasteiger charge is -2.32. The molecule has 29 heavy (non-hydrogen) atoms. The quantitative estimate of drug-likeness (QED) is 0.677. The lowest BCUT2D eigenvalue weighted by atomic mass is 10.1. The Hall–Kier alpha value is -2.31. The number of nitrogens with two attached hydrogens (primary N) is 1. The molecule has 2 saturated heterocycles. The molecule has 0 aromatic heterocycles. The molecule has 1 aromatic carbocycles. The first-order valence-electron chi connectivity index (χ1n) is 9.88. The van der Waals surface area contributed by atoms with E-state index in [0.717, 1.165) is 5.56 Å². The Kier molecular flexibility index (Phi) is 6.34. The van der Waals surface area contributed by atoms with Crippen LogP contribution in [0.4, 0.5) is 0 Å². The fraction of sp³-hybridized carbons (Fsp3) is 0.550. The van der Waals surface area contributed by atoms with Crippen molar-refractivity contribution >= 4 is 25.6 Å². The van der Waals surface area contributed by atoms with Crippen molar-refractivity contribution in [3.63, 3.8) is 0 Å². The molecule has 1 aromatic rings. The zero-order chi connectivity index (χ0) is 21.2. The van der Waals surface area contributed by atoms with E-state index in [4.69, 9.17) is 5.73 Å². The molecular formula is C20H27N3O5P+. The van der Waals surface area contributed by atoms with Crippen molar-refractivity contribution in [3.8, 4) is 0 Å². The summed E-state index contributed by atoms with van der Waals surface area (Å²) in [7, 11) is -2.28. The SMILES string of the molecule is C[C@H](N)C(=O)N1CCC[C@H]1C(=O)N1CCC[C@]1(C(=O)O)[P+](=O)Cc1ccccc1. The Labute approximate surface area is 170 Å². The number of carbonyl (C=O) groups excluding carboxylic acids is 2. The molecule has 2 fully saturated rings. The Morgan fingerprint density at radius 3 is 2.55 bits per heavy atom. The van der Waals surface area contributed by atoms with Gasteiger partial charge in [-0.2, -0.15) is 0 Å². The van der Waals surface area contributed by atoms with Gasteiger partial charge in [0.2, 0.25) is 11.8 Å². The molecule has 1 unspecified atom stereocenters. The van der Waals surface area contributed by atoms with Gasteiger partial charge in [0.05, 0.1) is 6.04 Å². The maximum atomic E-state index is 13.4. The number of carbonyl (C=O) groups is 3. The van der Waals surface area contributed by atoms with Gasteiger partial charge in [0.1, 0.15) is 6.04 Å². The van der Waals surface area contributed by atoms with Crippen molar-refractivity contribution < 1.29 is 24.1 Å². The third-order valence-electron chi connectivity index (χ3n) is 5.75. The van der Waals surface area contributed by atoms with E-state index in [0.29, 0.717) is 25.8 Å². The zero-order valence-corrected chi connectivity index (χ0v) is 17.4. The van der Waals surface area contributed by atoms with Crippen LogP contribution in [-0.2, 0) is 25.1 Å². The first-order valence-corrected chi connectivity index (χ1v) is 11.3. The maximum absolute atomic E-state index is 13.4. The van der Waals surface area contributed by atoms with Crippen molar-refractivity contribution in [2.24, 2.45) is 5.73 Å². The monoisotopic (exact) mass is 420 g/mol. The highest BCUT2D eigenvalue weighted by molar-refractivity contribution is 7.47. The van der Waals surface area contributed by atoms with Gasteiger partial charge in [-0.15, -0.1) is 0 Å². The predicted octanol–water partition coefficient (Wildman–Crippen LogP) is 1.76. The summed E-state index contributed by atoms with van der Waals surface area (Å²) < 4.78 is 13.3. The van der Waals surface area contributed by atoms with Crippen LogP contribution >= 0.6 is 7.80 Å². The van der Waals surface area contributed by atoms with Crippen LogP contribution in [0.25, 0.3) is 0 Å². The van der Waals surface area contributed by atoms with E-state index in [1.54, 1.807) is 31.2 Å². The Morgan fingerprint density at radius 1 is 1.24 bits per heavy atom. The zero-order valence-electron chi connectivity index (χ0n) is 16.5. The van der Waals surface area contributed by atoms with Crippen LogP contribution in [-0.4, -0.2) is 63.1 Å². The number of likely N-dealkylation sites (tertiary alicyclic amines) is 2. The molecule has 2 aliphatic heterocycles. The summed E-state index contributed by atoms with van der Waals surface area (Å²) in [5.74, 6) is -2.01. The van der Waals surface area contributed by atoms with Crippen LogP contribution < -0.4 is 5.73 Å². The van der Waals surface area contributed by atoms with Crippen LogP contribution in [0.1, 0.15) is 38.2 Å². The van der Waals surface area contributed by atoms with Crippen LogP contribution in [0.15, 0.2) is 30.3 Å². The number of carboxylic acid groups (broad SMARTS) is 1. The lowest BCUT2D eigenvalue weighted by Crippen LogP contribution is -2.57. The van der Waals surface area contributed by atoms with Crippen molar-refractivity contribution in [2.75, 3.05) is 13.1 Å². The minimum Gasteiger partial charge on any atom is -0.476 e. The number of rotatable bonds is 6. The highest BCUT2D eigenvalue weighted by Crippen LogP contribution is 2.51. The Balaban J connectivity index is 1.88. The molecule has 0 bridgehead atoms. The topological polar surface area (TPSA) is 121 Å². The van der Waals surface area contributed by atoms with Gasteiger partial charge in [-0.05, 0) is 31.7 Å². The molecule has 156 valence electrons. The second-order valence-corrected chi connectivity index (χ2v) is 9.53. The molecule has 8 nitrogen and oxygen atoms in total. The lowest BCUT2D eigenvalue weighted by molar-refractivity contribution is -0.154. The fourth-order valence-corrected chi connectivity index (χ4v) is 6.19. The van der Waals surface area contributed by atoms with Crippen molar-refractivity contribution in [3.05, 3.63) is 35.9 Å². The van der Waals surface area contributed by atoms with Crippen LogP contribution in [0.3, 0.4) is 0 Å². The molecule has 2 aliphatic rings. The number of benzene rings is 1. The highest BCUT2D eigenvalue weighted by atomic mass is 31.1. The van der Waals surface area contributed by atoms with E-state index in [-0.39, 0.29) is 25.0 Å². The number of hydrogen-bond acceptors (Lipinski definition) is 5. The Morgan fingerprint density at radius 2 is 1.93 bits per heavy atom. The van der Waals surface area contributed by atoms with Gasteiger partial charge < -0.3 is 15.7 Å². The van der Waals surface area contributed by atoms with Crippen LogP contribution in [0, 0.1) is 0 Å². The number of nitrogens with zero attached hydrogens (tertiary/aromatic N) is 2.